The van der Waals surface area contributed by atoms with Gasteiger partial charge in [-0.15, -0.1) is 0 Å². The molecule has 0 aliphatic carbocycles. The summed E-state index contributed by atoms with van der Waals surface area (Å²) in [6.45, 7) is 4.51. The molecule has 7 heteroatoms. The topological polar surface area (TPSA) is 91.4 Å². The van der Waals surface area contributed by atoms with Gasteiger partial charge < -0.3 is 14.8 Å². The van der Waals surface area contributed by atoms with Gasteiger partial charge in [-0.25, -0.2) is 13.1 Å². The predicted molar refractivity (Wildman–Crippen MR) is 79.3 cm³/mol. The average molecular weight is 316 g/mol. The van der Waals surface area contributed by atoms with E-state index in [0.717, 1.165) is 12.8 Å². The van der Waals surface area contributed by atoms with Gasteiger partial charge in [0.1, 0.15) is 0 Å². The molecule has 21 heavy (non-hydrogen) atoms. The minimum absolute atomic E-state index is 0.115. The van der Waals surface area contributed by atoms with Crippen LogP contribution >= 0.6 is 0 Å². The molecule has 0 bridgehead atoms. The van der Waals surface area contributed by atoms with Gasteiger partial charge in [0.05, 0.1) is 17.1 Å². The number of rotatable bonds is 6. The lowest BCUT2D eigenvalue weighted by Crippen LogP contribution is -2.48. The summed E-state index contributed by atoms with van der Waals surface area (Å²) in [6, 6.07) is 1.34. The van der Waals surface area contributed by atoms with Crippen molar-refractivity contribution < 1.29 is 18.3 Å². The Bertz CT molecular complexity index is 563. The molecule has 0 spiro atoms. The Morgan fingerprint density at radius 3 is 2.76 bits per heavy atom. The number of sulfonamides is 1. The Hall–Kier alpha value is -0.890. The van der Waals surface area contributed by atoms with Crippen molar-refractivity contribution in [2.24, 2.45) is 0 Å². The maximum atomic E-state index is 12.4. The van der Waals surface area contributed by atoms with Crippen LogP contribution in [0.15, 0.2) is 17.2 Å². The first-order valence-corrected chi connectivity index (χ1v) is 8.87. The number of ether oxygens (including phenoxy) is 1. The smallest absolute Gasteiger partial charge is 0.242 e. The molecule has 0 radical (unpaired) electrons. The highest BCUT2D eigenvalue weighted by molar-refractivity contribution is 7.89. The number of nitrogens with one attached hydrogen (secondary N) is 2. The third-order valence-electron chi connectivity index (χ3n) is 4.30. The molecule has 1 saturated heterocycles. The second kappa shape index (κ2) is 6.48. The van der Waals surface area contributed by atoms with Gasteiger partial charge in [0.25, 0.3) is 0 Å². The van der Waals surface area contributed by atoms with Gasteiger partial charge in [-0.2, -0.15) is 0 Å². The van der Waals surface area contributed by atoms with Crippen molar-refractivity contribution in [1.82, 2.24) is 9.71 Å². The van der Waals surface area contributed by atoms with Crippen LogP contribution in [0.2, 0.25) is 0 Å². The SMILES string of the molecule is CCC1(CC)CC(NS(=O)(=O)c2c[nH]c(CO)c2)CCO1. The van der Waals surface area contributed by atoms with Crippen LogP contribution in [0.25, 0.3) is 0 Å². The summed E-state index contributed by atoms with van der Waals surface area (Å²) < 4.78 is 33.4. The van der Waals surface area contributed by atoms with Crippen molar-refractivity contribution in [3.63, 3.8) is 0 Å². The molecule has 6 nitrogen and oxygen atoms in total. The van der Waals surface area contributed by atoms with E-state index in [1.807, 2.05) is 0 Å². The predicted octanol–water partition coefficient (Wildman–Crippen LogP) is 1.52. The summed E-state index contributed by atoms with van der Waals surface area (Å²) in [5, 5.41) is 9.01. The van der Waals surface area contributed by atoms with Gasteiger partial charge in [0, 0.05) is 24.5 Å². The normalized spacial score (nSPS) is 22.3. The zero-order chi connectivity index (χ0) is 15.5. The van der Waals surface area contributed by atoms with Crippen molar-refractivity contribution in [3.8, 4) is 0 Å². The van der Waals surface area contributed by atoms with E-state index in [1.54, 1.807) is 0 Å². The number of aromatic amines is 1. The van der Waals surface area contributed by atoms with E-state index >= 15 is 0 Å². The van der Waals surface area contributed by atoms with Crippen LogP contribution in [0, 0.1) is 0 Å². The molecule has 0 amide bonds. The zero-order valence-electron chi connectivity index (χ0n) is 12.6. The lowest BCUT2D eigenvalue weighted by molar-refractivity contribution is -0.0905. The first kappa shape index (κ1) is 16.5. The van der Waals surface area contributed by atoms with Crippen molar-refractivity contribution in [3.05, 3.63) is 18.0 Å². The molecular formula is C14H24N2O4S. The van der Waals surface area contributed by atoms with Gasteiger partial charge in [-0.1, -0.05) is 13.8 Å². The summed E-state index contributed by atoms with van der Waals surface area (Å²) >= 11 is 0. The van der Waals surface area contributed by atoms with E-state index < -0.39 is 10.0 Å². The highest BCUT2D eigenvalue weighted by Crippen LogP contribution is 2.32. The fourth-order valence-corrected chi connectivity index (χ4v) is 4.11. The first-order valence-electron chi connectivity index (χ1n) is 7.39. The Balaban J connectivity index is 2.09. The van der Waals surface area contributed by atoms with Crippen LogP contribution < -0.4 is 4.72 Å². The molecule has 0 saturated carbocycles. The van der Waals surface area contributed by atoms with E-state index in [9.17, 15) is 8.42 Å². The molecule has 1 aromatic rings. The molecule has 3 N–H and O–H groups in total. The molecule has 1 aliphatic heterocycles. The van der Waals surface area contributed by atoms with Crippen LogP contribution in [0.5, 0.6) is 0 Å². The number of aliphatic hydroxyl groups is 1. The highest BCUT2D eigenvalue weighted by atomic mass is 32.2. The Morgan fingerprint density at radius 1 is 1.48 bits per heavy atom. The van der Waals surface area contributed by atoms with Gasteiger partial charge in [-0.3, -0.25) is 0 Å². The van der Waals surface area contributed by atoms with Crippen LogP contribution in [-0.2, 0) is 21.4 Å². The average Bonchev–Trinajstić information content (AvgIpc) is 2.97. The maximum absolute atomic E-state index is 12.4. The third kappa shape index (κ3) is 3.66. The summed E-state index contributed by atoms with van der Waals surface area (Å²) in [5.74, 6) is 0. The number of hydrogen-bond donors (Lipinski definition) is 3. The molecular weight excluding hydrogens is 292 g/mol. The molecule has 1 aromatic heterocycles. The second-order valence-electron chi connectivity index (χ2n) is 5.57. The molecule has 2 rings (SSSR count). The lowest BCUT2D eigenvalue weighted by atomic mass is 9.86. The van der Waals surface area contributed by atoms with Crippen molar-refractivity contribution >= 4 is 10.0 Å². The van der Waals surface area contributed by atoms with E-state index in [4.69, 9.17) is 9.84 Å². The van der Waals surface area contributed by atoms with Crippen LogP contribution in [0.1, 0.15) is 45.2 Å². The quantitative estimate of drug-likeness (QED) is 0.742. The fourth-order valence-electron chi connectivity index (χ4n) is 2.82. The standard InChI is InChI=1S/C14H24N2O4S/c1-3-14(4-2)8-11(5-6-20-14)16-21(18,19)13-7-12(10-17)15-9-13/h7,9,11,15-17H,3-6,8,10H2,1-2H3. The number of H-pyrrole nitrogens is 1. The van der Waals surface area contributed by atoms with Gasteiger partial charge in [0.2, 0.25) is 10.0 Å². The van der Waals surface area contributed by atoms with Crippen molar-refractivity contribution in [1.29, 1.82) is 0 Å². The monoisotopic (exact) mass is 316 g/mol. The minimum Gasteiger partial charge on any atom is -0.390 e. The van der Waals surface area contributed by atoms with Gasteiger partial charge >= 0.3 is 0 Å². The number of aliphatic hydroxyl groups excluding tert-OH is 1. The molecule has 0 aromatic carbocycles. The summed E-state index contributed by atoms with van der Waals surface area (Å²) in [7, 11) is -3.56. The van der Waals surface area contributed by atoms with Crippen molar-refractivity contribution in [2.45, 2.75) is 62.7 Å². The number of aromatic nitrogens is 1. The lowest BCUT2D eigenvalue weighted by Gasteiger charge is -2.40. The Morgan fingerprint density at radius 2 is 2.19 bits per heavy atom. The van der Waals surface area contributed by atoms with E-state index in [2.05, 4.69) is 23.6 Å². The Labute approximate surface area is 126 Å². The molecule has 120 valence electrons. The van der Waals surface area contributed by atoms with Gasteiger partial charge in [0.15, 0.2) is 0 Å². The molecule has 1 unspecified atom stereocenters. The fraction of sp³-hybridized carbons (Fsp3) is 0.714. The first-order chi connectivity index (χ1) is 9.94. The zero-order valence-corrected chi connectivity index (χ0v) is 13.4. The molecule has 1 atom stereocenters. The highest BCUT2D eigenvalue weighted by Gasteiger charge is 2.36. The number of hydrogen-bond acceptors (Lipinski definition) is 4. The summed E-state index contributed by atoms with van der Waals surface area (Å²) in [6.07, 6.45) is 4.52. The van der Waals surface area contributed by atoms with E-state index in [-0.39, 0.29) is 23.1 Å². The minimum atomic E-state index is -3.56. The summed E-state index contributed by atoms with van der Waals surface area (Å²) in [4.78, 5) is 2.91. The molecule has 1 aliphatic rings. The van der Waals surface area contributed by atoms with Crippen molar-refractivity contribution in [2.75, 3.05) is 6.61 Å². The molecule has 1 fully saturated rings. The van der Waals surface area contributed by atoms with Crippen LogP contribution in [-0.4, -0.2) is 36.8 Å². The largest absolute Gasteiger partial charge is 0.390 e. The van der Waals surface area contributed by atoms with Crippen LogP contribution in [0.4, 0.5) is 0 Å². The van der Waals surface area contributed by atoms with E-state index in [0.29, 0.717) is 25.1 Å². The third-order valence-corrected chi connectivity index (χ3v) is 5.80. The maximum Gasteiger partial charge on any atom is 0.242 e. The molecule has 2 heterocycles. The summed E-state index contributed by atoms with van der Waals surface area (Å²) in [5.41, 5.74) is 0.263. The van der Waals surface area contributed by atoms with E-state index in [1.165, 1.54) is 12.3 Å². The Kier molecular flexibility index (Phi) is 5.08. The van der Waals surface area contributed by atoms with Gasteiger partial charge in [-0.05, 0) is 31.7 Å². The second-order valence-corrected chi connectivity index (χ2v) is 7.28. The van der Waals surface area contributed by atoms with Crippen LogP contribution in [0.3, 0.4) is 0 Å².